The van der Waals surface area contributed by atoms with Gasteiger partial charge in [-0.15, -0.1) is 0 Å². The molecule has 3 nitrogen and oxygen atoms in total. The monoisotopic (exact) mass is 328 g/mol. The van der Waals surface area contributed by atoms with Gasteiger partial charge >= 0.3 is 5.97 Å². The molecule has 0 atom stereocenters. The first-order valence-corrected chi connectivity index (χ1v) is 7.77. The number of ether oxygens (including phenoxy) is 1. The minimum Gasteiger partial charge on any atom is -0.507 e. The van der Waals surface area contributed by atoms with Crippen molar-refractivity contribution in [3.8, 4) is 28.7 Å². The third kappa shape index (κ3) is 3.70. The van der Waals surface area contributed by atoms with Crippen molar-refractivity contribution in [3.05, 3.63) is 89.5 Å². The molecule has 3 rings (SSSR count). The van der Waals surface area contributed by atoms with Crippen molar-refractivity contribution in [2.45, 2.75) is 0 Å². The summed E-state index contributed by atoms with van der Waals surface area (Å²) in [5.41, 5.74) is 3.75. The van der Waals surface area contributed by atoms with Gasteiger partial charge in [-0.1, -0.05) is 60.4 Å². The molecule has 0 aliphatic carbocycles. The van der Waals surface area contributed by atoms with E-state index < -0.39 is 5.97 Å². The predicted octanol–water partition coefficient (Wildman–Crippen LogP) is 4.25. The zero-order valence-electron chi connectivity index (χ0n) is 13.7. The van der Waals surface area contributed by atoms with E-state index >= 15 is 0 Å². The second-order valence-corrected chi connectivity index (χ2v) is 5.39. The molecule has 1 N–H and O–H groups in total. The molecule has 0 aromatic heterocycles. The van der Waals surface area contributed by atoms with Crippen molar-refractivity contribution in [1.82, 2.24) is 0 Å². The number of phenols is 1. The molecule has 0 saturated carbocycles. The van der Waals surface area contributed by atoms with Gasteiger partial charge in [-0.3, -0.25) is 0 Å². The van der Waals surface area contributed by atoms with Crippen LogP contribution in [0.15, 0.2) is 72.8 Å². The number of phenolic OH excluding ortho intramolecular Hbond substituents is 1. The zero-order valence-corrected chi connectivity index (χ0v) is 13.7. The van der Waals surface area contributed by atoms with Gasteiger partial charge in [0.05, 0.1) is 7.11 Å². The van der Waals surface area contributed by atoms with Crippen LogP contribution in [0.5, 0.6) is 5.75 Å². The van der Waals surface area contributed by atoms with E-state index in [9.17, 15) is 9.90 Å². The molecule has 3 aromatic rings. The minimum absolute atomic E-state index is 0.102. The Hall–Kier alpha value is -3.51. The van der Waals surface area contributed by atoms with Crippen LogP contribution in [-0.4, -0.2) is 18.2 Å². The van der Waals surface area contributed by atoms with E-state index in [-0.39, 0.29) is 11.3 Å². The number of benzene rings is 3. The van der Waals surface area contributed by atoms with Gasteiger partial charge in [-0.05, 0) is 35.4 Å². The van der Waals surface area contributed by atoms with E-state index in [1.54, 1.807) is 6.07 Å². The molecule has 0 spiro atoms. The molecule has 0 unspecified atom stereocenters. The molecule has 0 aliphatic heterocycles. The highest BCUT2D eigenvalue weighted by molar-refractivity contribution is 5.92. The van der Waals surface area contributed by atoms with E-state index in [0.29, 0.717) is 5.56 Å². The van der Waals surface area contributed by atoms with Crippen LogP contribution < -0.4 is 0 Å². The van der Waals surface area contributed by atoms with Gasteiger partial charge in [0.2, 0.25) is 0 Å². The molecule has 0 amide bonds. The number of aromatic hydroxyl groups is 1. The molecule has 0 saturated heterocycles. The van der Waals surface area contributed by atoms with Crippen molar-refractivity contribution in [3.63, 3.8) is 0 Å². The van der Waals surface area contributed by atoms with Gasteiger partial charge in [0.15, 0.2) is 0 Å². The maximum absolute atomic E-state index is 11.7. The summed E-state index contributed by atoms with van der Waals surface area (Å²) in [6, 6.07) is 22.6. The number of rotatable bonds is 2. The fourth-order valence-electron chi connectivity index (χ4n) is 2.49. The summed E-state index contributed by atoms with van der Waals surface area (Å²) >= 11 is 0. The van der Waals surface area contributed by atoms with Crippen LogP contribution in [0.4, 0.5) is 0 Å². The number of hydrogen-bond donors (Lipinski definition) is 1. The second-order valence-electron chi connectivity index (χ2n) is 5.39. The van der Waals surface area contributed by atoms with Gasteiger partial charge in [0.25, 0.3) is 0 Å². The number of carbonyl (C=O) groups excluding carboxylic acids is 1. The van der Waals surface area contributed by atoms with E-state index in [0.717, 1.165) is 16.7 Å². The molecule has 25 heavy (non-hydrogen) atoms. The lowest BCUT2D eigenvalue weighted by molar-refractivity contribution is 0.0597. The summed E-state index contributed by atoms with van der Waals surface area (Å²) < 4.78 is 4.66. The van der Waals surface area contributed by atoms with Crippen LogP contribution in [-0.2, 0) is 4.74 Å². The number of hydrogen-bond acceptors (Lipinski definition) is 3. The van der Waals surface area contributed by atoms with Crippen LogP contribution in [0.3, 0.4) is 0 Å². The summed E-state index contributed by atoms with van der Waals surface area (Å²) in [4.78, 5) is 11.7. The number of carbonyl (C=O) groups is 1. The second kappa shape index (κ2) is 7.37. The Balaban J connectivity index is 1.99. The van der Waals surface area contributed by atoms with Crippen LogP contribution >= 0.6 is 0 Å². The Kier molecular flexibility index (Phi) is 4.82. The summed E-state index contributed by atoms with van der Waals surface area (Å²) in [6.45, 7) is 0. The highest BCUT2D eigenvalue weighted by Crippen LogP contribution is 2.23. The highest BCUT2D eigenvalue weighted by atomic mass is 16.5. The summed E-state index contributed by atoms with van der Waals surface area (Å²) in [5, 5.41) is 9.77. The Labute approximate surface area is 146 Å². The summed E-state index contributed by atoms with van der Waals surface area (Å²) in [5.74, 6) is 5.48. The lowest BCUT2D eigenvalue weighted by Gasteiger charge is -2.04. The van der Waals surface area contributed by atoms with Crippen LogP contribution in [0.25, 0.3) is 11.1 Å². The molecule has 0 heterocycles. The molecular formula is C22H16O3. The van der Waals surface area contributed by atoms with Gasteiger partial charge < -0.3 is 9.84 Å². The van der Waals surface area contributed by atoms with Crippen molar-refractivity contribution in [1.29, 1.82) is 0 Å². The van der Waals surface area contributed by atoms with Gasteiger partial charge in [0, 0.05) is 11.1 Å². The number of methoxy groups -OCH3 is 1. The first-order chi connectivity index (χ1) is 12.2. The average molecular weight is 328 g/mol. The first-order valence-electron chi connectivity index (χ1n) is 7.77. The van der Waals surface area contributed by atoms with Gasteiger partial charge in [-0.25, -0.2) is 4.79 Å². The lowest BCUT2D eigenvalue weighted by atomic mass is 10.00. The van der Waals surface area contributed by atoms with Crippen molar-refractivity contribution in [2.24, 2.45) is 0 Å². The predicted molar refractivity (Wildman–Crippen MR) is 97.3 cm³/mol. The standard InChI is InChI=1S/C22H16O3/c1-25-22(24)20-15-16(12-14-21(20)23)11-13-18-9-5-6-10-19(18)17-7-3-2-4-8-17/h2-10,12,14-15,23H,1H3. The average Bonchev–Trinajstić information content (AvgIpc) is 2.67. The Morgan fingerprint density at radius 1 is 0.920 bits per heavy atom. The van der Waals surface area contributed by atoms with Gasteiger partial charge in [0.1, 0.15) is 11.3 Å². The fourth-order valence-corrected chi connectivity index (χ4v) is 2.49. The smallest absolute Gasteiger partial charge is 0.341 e. The molecular weight excluding hydrogens is 312 g/mol. The van der Waals surface area contributed by atoms with Crippen LogP contribution in [0.2, 0.25) is 0 Å². The molecule has 122 valence electrons. The Morgan fingerprint density at radius 2 is 1.64 bits per heavy atom. The molecule has 0 radical (unpaired) electrons. The maximum atomic E-state index is 11.7. The zero-order chi connectivity index (χ0) is 17.6. The van der Waals surface area contributed by atoms with Crippen LogP contribution in [0.1, 0.15) is 21.5 Å². The van der Waals surface area contributed by atoms with E-state index in [1.165, 1.54) is 19.2 Å². The van der Waals surface area contributed by atoms with Gasteiger partial charge in [-0.2, -0.15) is 0 Å². The Bertz CT molecular complexity index is 963. The molecule has 3 heteroatoms. The summed E-state index contributed by atoms with van der Waals surface area (Å²) in [6.07, 6.45) is 0. The van der Waals surface area contributed by atoms with Crippen molar-refractivity contribution >= 4 is 5.97 Å². The van der Waals surface area contributed by atoms with Crippen molar-refractivity contribution < 1.29 is 14.6 Å². The fraction of sp³-hybridized carbons (Fsp3) is 0.0455. The molecule has 0 aliphatic rings. The third-order valence-electron chi connectivity index (χ3n) is 3.76. The first kappa shape index (κ1) is 16.4. The van der Waals surface area contributed by atoms with E-state index in [4.69, 9.17) is 0 Å². The third-order valence-corrected chi connectivity index (χ3v) is 3.76. The molecule has 0 bridgehead atoms. The molecule has 0 fully saturated rings. The lowest BCUT2D eigenvalue weighted by Crippen LogP contribution is -2.01. The number of esters is 1. The normalized spacial score (nSPS) is 9.80. The van der Waals surface area contributed by atoms with Crippen molar-refractivity contribution in [2.75, 3.05) is 7.11 Å². The SMILES string of the molecule is COC(=O)c1cc(C#Cc2ccccc2-c2ccccc2)ccc1O. The largest absolute Gasteiger partial charge is 0.507 e. The maximum Gasteiger partial charge on any atom is 0.341 e. The summed E-state index contributed by atoms with van der Waals surface area (Å²) in [7, 11) is 1.27. The quantitative estimate of drug-likeness (QED) is 0.565. The Morgan fingerprint density at radius 3 is 2.40 bits per heavy atom. The van der Waals surface area contributed by atoms with E-state index in [2.05, 4.69) is 16.6 Å². The minimum atomic E-state index is -0.592. The van der Waals surface area contributed by atoms with Crippen LogP contribution in [0, 0.1) is 11.8 Å². The topological polar surface area (TPSA) is 46.5 Å². The molecule has 3 aromatic carbocycles. The van der Waals surface area contributed by atoms with E-state index in [1.807, 2.05) is 54.6 Å². The highest BCUT2D eigenvalue weighted by Gasteiger charge is 2.11.